The van der Waals surface area contributed by atoms with Crippen molar-refractivity contribution in [2.45, 2.75) is 51.5 Å². The van der Waals surface area contributed by atoms with Gasteiger partial charge in [0, 0.05) is 18.2 Å². The van der Waals surface area contributed by atoms with E-state index in [-0.39, 0.29) is 12.0 Å². The molecular formula is C23H28N2O2. The maximum Gasteiger partial charge on any atom is 0.226 e. The smallest absolute Gasteiger partial charge is 0.226 e. The van der Waals surface area contributed by atoms with E-state index in [2.05, 4.69) is 29.2 Å². The molecule has 0 radical (unpaired) electrons. The Labute approximate surface area is 161 Å². The summed E-state index contributed by atoms with van der Waals surface area (Å²) >= 11 is 0. The van der Waals surface area contributed by atoms with Gasteiger partial charge < -0.3 is 9.64 Å². The van der Waals surface area contributed by atoms with Crippen LogP contribution < -0.4 is 4.74 Å². The Kier molecular flexibility index (Phi) is 5.15. The molecule has 27 heavy (non-hydrogen) atoms. The van der Waals surface area contributed by atoms with Crippen molar-refractivity contribution in [1.82, 2.24) is 9.88 Å². The zero-order valence-corrected chi connectivity index (χ0v) is 16.3. The van der Waals surface area contributed by atoms with Gasteiger partial charge in [0.2, 0.25) is 5.91 Å². The minimum absolute atomic E-state index is 0.113. The van der Waals surface area contributed by atoms with Crippen LogP contribution in [0.25, 0.3) is 11.1 Å². The number of ether oxygens (including phenoxy) is 1. The van der Waals surface area contributed by atoms with Gasteiger partial charge in [0.05, 0.1) is 18.8 Å². The highest BCUT2D eigenvalue weighted by atomic mass is 16.5. The van der Waals surface area contributed by atoms with E-state index in [4.69, 9.17) is 9.72 Å². The quantitative estimate of drug-likeness (QED) is 0.773. The minimum atomic E-state index is 0.113. The van der Waals surface area contributed by atoms with Crippen LogP contribution in [-0.4, -0.2) is 29.4 Å². The largest absolute Gasteiger partial charge is 0.497 e. The number of pyridine rings is 1. The predicted molar refractivity (Wildman–Crippen MR) is 107 cm³/mol. The van der Waals surface area contributed by atoms with Crippen LogP contribution in [0.15, 0.2) is 36.4 Å². The number of hydrogen-bond acceptors (Lipinski definition) is 3. The molecule has 1 aromatic heterocycles. The first-order chi connectivity index (χ1) is 13.2. The summed E-state index contributed by atoms with van der Waals surface area (Å²) < 4.78 is 5.37. The number of benzene rings is 1. The highest BCUT2D eigenvalue weighted by Crippen LogP contribution is 2.37. The second-order valence-electron chi connectivity index (χ2n) is 7.83. The van der Waals surface area contributed by atoms with Crippen LogP contribution in [0.2, 0.25) is 0 Å². The summed E-state index contributed by atoms with van der Waals surface area (Å²) in [6.07, 6.45) is 6.56. The maximum atomic E-state index is 13.0. The fourth-order valence-corrected chi connectivity index (χ4v) is 4.58. The molecule has 1 aliphatic carbocycles. The van der Waals surface area contributed by atoms with Crippen molar-refractivity contribution in [2.75, 3.05) is 13.7 Å². The third kappa shape index (κ3) is 3.71. The number of aryl methyl sites for hydroxylation is 1. The average molecular weight is 364 g/mol. The number of rotatable bonds is 4. The topological polar surface area (TPSA) is 42.4 Å². The number of likely N-dealkylation sites (tertiary alicyclic amines) is 1. The molecule has 1 aromatic carbocycles. The van der Waals surface area contributed by atoms with Crippen LogP contribution in [-0.2, 0) is 4.79 Å². The lowest BCUT2D eigenvalue weighted by molar-refractivity contribution is -0.136. The molecule has 2 heterocycles. The third-order valence-corrected chi connectivity index (χ3v) is 5.96. The van der Waals surface area contributed by atoms with Crippen molar-refractivity contribution < 1.29 is 9.53 Å². The lowest BCUT2D eigenvalue weighted by Crippen LogP contribution is -2.35. The van der Waals surface area contributed by atoms with Gasteiger partial charge in [-0.05, 0) is 68.0 Å². The van der Waals surface area contributed by atoms with Crippen molar-refractivity contribution in [3.63, 3.8) is 0 Å². The summed E-state index contributed by atoms with van der Waals surface area (Å²) in [5.41, 5.74) is 4.27. The van der Waals surface area contributed by atoms with Crippen LogP contribution in [0, 0.1) is 12.8 Å². The van der Waals surface area contributed by atoms with Gasteiger partial charge in [-0.2, -0.15) is 0 Å². The van der Waals surface area contributed by atoms with E-state index >= 15 is 0 Å². The van der Waals surface area contributed by atoms with E-state index in [1.54, 1.807) is 7.11 Å². The van der Waals surface area contributed by atoms with Gasteiger partial charge in [-0.3, -0.25) is 9.78 Å². The van der Waals surface area contributed by atoms with Gasteiger partial charge in [0.15, 0.2) is 0 Å². The van der Waals surface area contributed by atoms with Gasteiger partial charge in [-0.1, -0.05) is 25.0 Å². The molecule has 4 rings (SSSR count). The molecule has 0 unspecified atom stereocenters. The summed E-state index contributed by atoms with van der Waals surface area (Å²) in [5.74, 6) is 1.43. The van der Waals surface area contributed by atoms with Gasteiger partial charge in [0.25, 0.3) is 0 Å². The van der Waals surface area contributed by atoms with Crippen LogP contribution >= 0.6 is 0 Å². The second kappa shape index (κ2) is 7.71. The molecule has 2 fully saturated rings. The number of aromatic nitrogens is 1. The van der Waals surface area contributed by atoms with Crippen LogP contribution in [0.5, 0.6) is 5.75 Å². The lowest BCUT2D eigenvalue weighted by Gasteiger charge is -2.27. The van der Waals surface area contributed by atoms with Gasteiger partial charge >= 0.3 is 0 Å². The molecule has 0 N–H and O–H groups in total. The first-order valence-corrected chi connectivity index (χ1v) is 10.1. The Hall–Kier alpha value is -2.36. The molecule has 0 spiro atoms. The minimum Gasteiger partial charge on any atom is -0.497 e. The Bertz CT molecular complexity index is 827. The Morgan fingerprint density at radius 2 is 1.89 bits per heavy atom. The molecule has 4 heteroatoms. The van der Waals surface area contributed by atoms with Crippen LogP contribution in [0.1, 0.15) is 56.0 Å². The molecule has 1 aliphatic heterocycles. The molecule has 2 aliphatic rings. The fraction of sp³-hybridized carbons (Fsp3) is 0.478. The molecule has 1 atom stereocenters. The molecule has 142 valence electrons. The number of carbonyl (C=O) groups excluding carboxylic acids is 1. The first kappa shape index (κ1) is 18.0. The SMILES string of the molecule is COc1cccc(-c2cc(C)nc([C@@H]3CCCN3C(=O)C3CCCC3)c2)c1. The normalized spacial score (nSPS) is 20.2. The van der Waals surface area contributed by atoms with E-state index in [9.17, 15) is 4.79 Å². The summed E-state index contributed by atoms with van der Waals surface area (Å²) in [6, 6.07) is 12.5. The Balaban J connectivity index is 1.64. The Morgan fingerprint density at radius 3 is 2.67 bits per heavy atom. The van der Waals surface area contributed by atoms with Gasteiger partial charge in [0.1, 0.15) is 5.75 Å². The van der Waals surface area contributed by atoms with E-state index in [1.165, 1.54) is 12.8 Å². The predicted octanol–water partition coefficient (Wildman–Crippen LogP) is 4.92. The zero-order chi connectivity index (χ0) is 18.8. The van der Waals surface area contributed by atoms with Crippen LogP contribution in [0.4, 0.5) is 0 Å². The lowest BCUT2D eigenvalue weighted by atomic mass is 10.0. The summed E-state index contributed by atoms with van der Waals surface area (Å²) in [7, 11) is 1.69. The van der Waals surface area contributed by atoms with E-state index in [0.29, 0.717) is 5.91 Å². The molecule has 1 amide bonds. The number of methoxy groups -OCH3 is 1. The van der Waals surface area contributed by atoms with Crippen molar-refractivity contribution in [3.05, 3.63) is 47.8 Å². The fourth-order valence-electron chi connectivity index (χ4n) is 4.58. The Morgan fingerprint density at radius 1 is 1.07 bits per heavy atom. The highest BCUT2D eigenvalue weighted by molar-refractivity contribution is 5.80. The molecular weight excluding hydrogens is 336 g/mol. The molecule has 2 aromatic rings. The molecule has 0 bridgehead atoms. The zero-order valence-electron chi connectivity index (χ0n) is 16.3. The van der Waals surface area contributed by atoms with Gasteiger partial charge in [-0.25, -0.2) is 0 Å². The van der Waals surface area contributed by atoms with Crippen molar-refractivity contribution >= 4 is 5.91 Å². The maximum absolute atomic E-state index is 13.0. The van der Waals surface area contributed by atoms with E-state index in [0.717, 1.165) is 60.5 Å². The monoisotopic (exact) mass is 364 g/mol. The number of nitrogens with zero attached hydrogens (tertiary/aromatic N) is 2. The summed E-state index contributed by atoms with van der Waals surface area (Å²) in [5, 5.41) is 0. The number of amides is 1. The molecule has 4 nitrogen and oxygen atoms in total. The van der Waals surface area contributed by atoms with Crippen molar-refractivity contribution in [3.8, 4) is 16.9 Å². The number of hydrogen-bond donors (Lipinski definition) is 0. The van der Waals surface area contributed by atoms with E-state index in [1.807, 2.05) is 19.1 Å². The highest BCUT2D eigenvalue weighted by Gasteiger charge is 2.35. The van der Waals surface area contributed by atoms with Crippen molar-refractivity contribution in [2.24, 2.45) is 5.92 Å². The van der Waals surface area contributed by atoms with E-state index < -0.39 is 0 Å². The standard InChI is InChI=1S/C23H28N2O2/c1-16-13-19(18-9-5-10-20(14-18)27-2)15-21(24-16)22-11-6-12-25(22)23(26)17-7-3-4-8-17/h5,9-10,13-15,17,22H,3-4,6-8,11-12H2,1-2H3/t22-/m0/s1. The molecule has 1 saturated heterocycles. The second-order valence-corrected chi connectivity index (χ2v) is 7.83. The van der Waals surface area contributed by atoms with Crippen molar-refractivity contribution in [1.29, 1.82) is 0 Å². The average Bonchev–Trinajstić information content (AvgIpc) is 3.39. The van der Waals surface area contributed by atoms with Gasteiger partial charge in [-0.15, -0.1) is 0 Å². The summed E-state index contributed by atoms with van der Waals surface area (Å²) in [4.78, 5) is 20.0. The first-order valence-electron chi connectivity index (χ1n) is 10.1. The van der Waals surface area contributed by atoms with Crippen LogP contribution in [0.3, 0.4) is 0 Å². The number of carbonyl (C=O) groups is 1. The third-order valence-electron chi connectivity index (χ3n) is 5.96. The summed E-state index contributed by atoms with van der Waals surface area (Å²) in [6.45, 7) is 2.90. The molecule has 1 saturated carbocycles.